The molecule has 0 spiro atoms. The van der Waals surface area contributed by atoms with Crippen LogP contribution in [0.2, 0.25) is 0 Å². The van der Waals surface area contributed by atoms with E-state index in [1.165, 1.54) is 0 Å². The zero-order chi connectivity index (χ0) is 15.4. The monoisotopic (exact) mass is 297 g/mol. The lowest BCUT2D eigenvalue weighted by atomic mass is 10.1. The number of hydrogen-bond acceptors (Lipinski definition) is 3. The van der Waals surface area contributed by atoms with E-state index in [0.717, 1.165) is 24.3 Å². The van der Waals surface area contributed by atoms with Gasteiger partial charge in [-0.1, -0.05) is 31.2 Å². The van der Waals surface area contributed by atoms with Crippen LogP contribution in [0.5, 0.6) is 5.75 Å². The molecule has 1 atom stereocenters. The highest BCUT2D eigenvalue weighted by Gasteiger charge is 2.24. The van der Waals surface area contributed by atoms with Crippen molar-refractivity contribution in [2.75, 3.05) is 18.5 Å². The van der Waals surface area contributed by atoms with Crippen molar-refractivity contribution < 1.29 is 14.3 Å². The molecule has 0 bridgehead atoms. The Balaban J connectivity index is 1.79. The average Bonchev–Trinajstić information content (AvgIpc) is 3.38. The first-order valence-corrected chi connectivity index (χ1v) is 7.50. The van der Waals surface area contributed by atoms with Crippen molar-refractivity contribution >= 4 is 11.6 Å². The number of ether oxygens (including phenoxy) is 2. The molecular weight excluding hydrogens is 278 g/mol. The van der Waals surface area contributed by atoms with Gasteiger partial charge in [-0.25, -0.2) is 0 Å². The van der Waals surface area contributed by atoms with Crippen molar-refractivity contribution in [2.24, 2.45) is 0 Å². The van der Waals surface area contributed by atoms with E-state index in [1.807, 2.05) is 48.5 Å². The van der Waals surface area contributed by atoms with Gasteiger partial charge in [-0.3, -0.25) is 4.79 Å². The van der Waals surface area contributed by atoms with Gasteiger partial charge in [0.25, 0.3) is 5.91 Å². The number of amides is 1. The quantitative estimate of drug-likeness (QED) is 0.832. The lowest BCUT2D eigenvalue weighted by molar-refractivity contribution is 0.102. The number of para-hydroxylation sites is 1. The molecular formula is C18H19NO3. The van der Waals surface area contributed by atoms with Crippen LogP contribution in [0.1, 0.15) is 22.8 Å². The summed E-state index contributed by atoms with van der Waals surface area (Å²) in [6, 6.07) is 15.1. The van der Waals surface area contributed by atoms with Gasteiger partial charge in [0, 0.05) is 5.69 Å². The largest absolute Gasteiger partial charge is 0.490 e. The van der Waals surface area contributed by atoms with Gasteiger partial charge in [-0.05, 0) is 36.2 Å². The smallest absolute Gasteiger partial charge is 0.259 e. The summed E-state index contributed by atoms with van der Waals surface area (Å²) < 4.78 is 10.9. The van der Waals surface area contributed by atoms with Crippen LogP contribution in [0.4, 0.5) is 5.69 Å². The number of rotatable bonds is 6. The third kappa shape index (κ3) is 3.65. The molecule has 1 fully saturated rings. The number of epoxide rings is 1. The number of carbonyl (C=O) groups excluding carboxylic acids is 1. The molecule has 0 aliphatic carbocycles. The van der Waals surface area contributed by atoms with Crippen molar-refractivity contribution in [2.45, 2.75) is 19.4 Å². The fraction of sp³-hybridized carbons (Fsp3) is 0.278. The fourth-order valence-electron chi connectivity index (χ4n) is 2.16. The lowest BCUT2D eigenvalue weighted by Crippen LogP contribution is -2.15. The van der Waals surface area contributed by atoms with Crippen molar-refractivity contribution in [3.63, 3.8) is 0 Å². The van der Waals surface area contributed by atoms with Crippen LogP contribution in [0.25, 0.3) is 0 Å². The zero-order valence-corrected chi connectivity index (χ0v) is 12.5. The molecule has 0 radical (unpaired) electrons. The Hall–Kier alpha value is -2.33. The highest BCUT2D eigenvalue weighted by atomic mass is 16.6. The molecule has 2 aromatic carbocycles. The third-order valence-corrected chi connectivity index (χ3v) is 3.56. The van der Waals surface area contributed by atoms with Gasteiger partial charge in [-0.15, -0.1) is 0 Å². The van der Waals surface area contributed by atoms with E-state index in [9.17, 15) is 4.79 Å². The lowest BCUT2D eigenvalue weighted by Gasteiger charge is -2.12. The van der Waals surface area contributed by atoms with E-state index in [0.29, 0.717) is 17.9 Å². The summed E-state index contributed by atoms with van der Waals surface area (Å²) in [5.74, 6) is 0.448. The second-order valence-corrected chi connectivity index (χ2v) is 5.27. The van der Waals surface area contributed by atoms with Gasteiger partial charge in [0.1, 0.15) is 18.5 Å². The molecule has 1 N–H and O–H groups in total. The minimum Gasteiger partial charge on any atom is -0.490 e. The van der Waals surface area contributed by atoms with Crippen LogP contribution in [0.15, 0.2) is 48.5 Å². The maximum atomic E-state index is 12.5. The molecule has 0 aromatic heterocycles. The molecule has 114 valence electrons. The Morgan fingerprint density at radius 1 is 1.27 bits per heavy atom. The van der Waals surface area contributed by atoms with Gasteiger partial charge in [-0.2, -0.15) is 0 Å². The van der Waals surface area contributed by atoms with E-state index in [1.54, 1.807) is 0 Å². The molecule has 1 aliphatic heterocycles. The van der Waals surface area contributed by atoms with Crippen LogP contribution in [0.3, 0.4) is 0 Å². The van der Waals surface area contributed by atoms with Gasteiger partial charge in [0.15, 0.2) is 0 Å². The van der Waals surface area contributed by atoms with Crippen molar-refractivity contribution in [3.8, 4) is 5.75 Å². The molecule has 3 rings (SSSR count). The van der Waals surface area contributed by atoms with E-state index in [2.05, 4.69) is 12.2 Å². The number of benzene rings is 2. The minimum atomic E-state index is -0.166. The standard InChI is InChI=1S/C18H19NO3/c1-2-13-8-9-16(17(10-13)22-12-15-11-21-15)18(20)19-14-6-4-3-5-7-14/h3-10,15H,2,11-12H2,1H3,(H,19,20). The summed E-state index contributed by atoms with van der Waals surface area (Å²) >= 11 is 0. The summed E-state index contributed by atoms with van der Waals surface area (Å²) in [6.45, 7) is 3.30. The zero-order valence-electron chi connectivity index (χ0n) is 12.5. The molecule has 0 saturated carbocycles. The first kappa shape index (κ1) is 14.6. The highest BCUT2D eigenvalue weighted by Crippen LogP contribution is 2.24. The summed E-state index contributed by atoms with van der Waals surface area (Å²) in [5, 5.41) is 2.89. The normalized spacial score (nSPS) is 16.1. The average molecular weight is 297 g/mol. The fourth-order valence-corrected chi connectivity index (χ4v) is 2.16. The van der Waals surface area contributed by atoms with Gasteiger partial charge in [0.05, 0.1) is 12.2 Å². The van der Waals surface area contributed by atoms with Crippen LogP contribution >= 0.6 is 0 Å². The number of hydrogen-bond donors (Lipinski definition) is 1. The first-order valence-electron chi connectivity index (χ1n) is 7.50. The van der Waals surface area contributed by atoms with Crippen LogP contribution in [-0.2, 0) is 11.2 Å². The number of anilines is 1. The number of carbonyl (C=O) groups is 1. The molecule has 1 saturated heterocycles. The first-order chi connectivity index (χ1) is 10.8. The Morgan fingerprint density at radius 2 is 2.05 bits per heavy atom. The Kier molecular flexibility index (Phi) is 4.39. The van der Waals surface area contributed by atoms with E-state index >= 15 is 0 Å². The van der Waals surface area contributed by atoms with Crippen molar-refractivity contribution in [1.29, 1.82) is 0 Å². The molecule has 1 unspecified atom stereocenters. The Morgan fingerprint density at radius 3 is 2.73 bits per heavy atom. The van der Waals surface area contributed by atoms with Crippen LogP contribution in [0, 0.1) is 0 Å². The van der Waals surface area contributed by atoms with Gasteiger partial charge < -0.3 is 14.8 Å². The molecule has 1 amide bonds. The maximum absolute atomic E-state index is 12.5. The predicted molar refractivity (Wildman–Crippen MR) is 85.5 cm³/mol. The SMILES string of the molecule is CCc1ccc(C(=O)Nc2ccccc2)c(OCC2CO2)c1. The summed E-state index contributed by atoms with van der Waals surface area (Å²) in [7, 11) is 0. The minimum absolute atomic E-state index is 0.162. The second-order valence-electron chi connectivity index (χ2n) is 5.27. The van der Waals surface area contributed by atoms with Gasteiger partial charge in [0.2, 0.25) is 0 Å². The number of aryl methyl sites for hydroxylation is 1. The van der Waals surface area contributed by atoms with Crippen molar-refractivity contribution in [1.82, 2.24) is 0 Å². The van der Waals surface area contributed by atoms with E-state index in [4.69, 9.17) is 9.47 Å². The summed E-state index contributed by atoms with van der Waals surface area (Å²) in [4.78, 5) is 12.5. The third-order valence-electron chi connectivity index (χ3n) is 3.56. The van der Waals surface area contributed by atoms with E-state index in [-0.39, 0.29) is 12.0 Å². The Bertz CT molecular complexity index is 651. The molecule has 1 aliphatic rings. The molecule has 4 nitrogen and oxygen atoms in total. The van der Waals surface area contributed by atoms with Crippen molar-refractivity contribution in [3.05, 3.63) is 59.7 Å². The van der Waals surface area contributed by atoms with E-state index < -0.39 is 0 Å². The summed E-state index contributed by atoms with van der Waals surface area (Å²) in [6.07, 6.45) is 1.06. The molecule has 22 heavy (non-hydrogen) atoms. The Labute approximate surface area is 130 Å². The molecule has 1 heterocycles. The van der Waals surface area contributed by atoms with Crippen LogP contribution in [-0.4, -0.2) is 25.2 Å². The molecule has 4 heteroatoms. The second kappa shape index (κ2) is 6.62. The molecule has 2 aromatic rings. The number of nitrogens with one attached hydrogen (secondary N) is 1. The van der Waals surface area contributed by atoms with Gasteiger partial charge >= 0.3 is 0 Å². The maximum Gasteiger partial charge on any atom is 0.259 e. The van der Waals surface area contributed by atoms with Crippen LogP contribution < -0.4 is 10.1 Å². The highest BCUT2D eigenvalue weighted by molar-refractivity contribution is 6.06. The summed E-state index contributed by atoms with van der Waals surface area (Å²) in [5.41, 5.74) is 2.45. The topological polar surface area (TPSA) is 50.9 Å². The predicted octanol–water partition coefficient (Wildman–Crippen LogP) is 3.28.